The maximum absolute atomic E-state index is 12.2. The zero-order valence-electron chi connectivity index (χ0n) is 12.2. The number of carbonyl (C=O) groups excluding carboxylic acids is 1. The average Bonchev–Trinajstić information content (AvgIpc) is 3.15. The molecule has 1 amide bonds. The SMILES string of the molecule is Cc1cccc(CNC(=O)c2ccc(C3CCCN3)s2)c1. The van der Waals surface area contributed by atoms with Crippen molar-refractivity contribution in [2.24, 2.45) is 0 Å². The molecular formula is C17H20N2OS. The van der Waals surface area contributed by atoms with Gasteiger partial charge in [0.25, 0.3) is 5.91 Å². The average molecular weight is 300 g/mol. The molecule has 1 aromatic carbocycles. The summed E-state index contributed by atoms with van der Waals surface area (Å²) in [5.41, 5.74) is 2.35. The topological polar surface area (TPSA) is 41.1 Å². The predicted molar refractivity (Wildman–Crippen MR) is 86.6 cm³/mol. The van der Waals surface area contributed by atoms with E-state index in [1.807, 2.05) is 18.2 Å². The van der Waals surface area contributed by atoms with Crippen molar-refractivity contribution in [3.8, 4) is 0 Å². The highest BCUT2D eigenvalue weighted by atomic mass is 32.1. The summed E-state index contributed by atoms with van der Waals surface area (Å²) in [7, 11) is 0. The summed E-state index contributed by atoms with van der Waals surface area (Å²) in [6.45, 7) is 3.72. The van der Waals surface area contributed by atoms with Crippen molar-refractivity contribution in [1.82, 2.24) is 10.6 Å². The summed E-state index contributed by atoms with van der Waals surface area (Å²) in [5, 5.41) is 6.47. The van der Waals surface area contributed by atoms with Gasteiger partial charge in [-0.25, -0.2) is 0 Å². The van der Waals surface area contributed by atoms with Crippen molar-refractivity contribution >= 4 is 17.2 Å². The smallest absolute Gasteiger partial charge is 0.261 e. The Morgan fingerprint density at radius 1 is 1.38 bits per heavy atom. The standard InChI is InChI=1S/C17H20N2OS/c1-12-4-2-5-13(10-12)11-19-17(20)16-8-7-15(21-16)14-6-3-9-18-14/h2,4-5,7-8,10,14,18H,3,6,9,11H2,1H3,(H,19,20). The molecule has 4 heteroatoms. The second kappa shape index (κ2) is 6.41. The number of thiophene rings is 1. The molecule has 21 heavy (non-hydrogen) atoms. The molecule has 2 N–H and O–H groups in total. The maximum Gasteiger partial charge on any atom is 0.261 e. The van der Waals surface area contributed by atoms with Gasteiger partial charge < -0.3 is 10.6 Å². The number of benzene rings is 1. The van der Waals surface area contributed by atoms with E-state index in [9.17, 15) is 4.79 Å². The van der Waals surface area contributed by atoms with Crippen LogP contribution in [0.4, 0.5) is 0 Å². The summed E-state index contributed by atoms with van der Waals surface area (Å²) < 4.78 is 0. The van der Waals surface area contributed by atoms with Crippen molar-refractivity contribution < 1.29 is 4.79 Å². The lowest BCUT2D eigenvalue weighted by Crippen LogP contribution is -2.21. The lowest BCUT2D eigenvalue weighted by atomic mass is 10.1. The third kappa shape index (κ3) is 3.52. The Kier molecular flexibility index (Phi) is 4.36. The monoisotopic (exact) mass is 300 g/mol. The zero-order chi connectivity index (χ0) is 14.7. The van der Waals surface area contributed by atoms with Gasteiger partial charge in [-0.15, -0.1) is 11.3 Å². The van der Waals surface area contributed by atoms with Crippen molar-refractivity contribution in [3.05, 3.63) is 57.3 Å². The van der Waals surface area contributed by atoms with Crippen LogP contribution < -0.4 is 10.6 Å². The molecule has 0 spiro atoms. The molecule has 0 aliphatic carbocycles. The first-order chi connectivity index (χ1) is 10.2. The maximum atomic E-state index is 12.2. The Morgan fingerprint density at radius 3 is 3.05 bits per heavy atom. The Labute approximate surface area is 129 Å². The molecule has 0 saturated carbocycles. The lowest BCUT2D eigenvalue weighted by molar-refractivity contribution is 0.0955. The summed E-state index contributed by atoms with van der Waals surface area (Å²) in [6.07, 6.45) is 2.39. The zero-order valence-corrected chi connectivity index (χ0v) is 13.0. The van der Waals surface area contributed by atoms with E-state index in [1.54, 1.807) is 11.3 Å². The van der Waals surface area contributed by atoms with E-state index in [4.69, 9.17) is 0 Å². The normalized spacial score (nSPS) is 17.9. The van der Waals surface area contributed by atoms with Crippen LogP contribution >= 0.6 is 11.3 Å². The van der Waals surface area contributed by atoms with Gasteiger partial charge >= 0.3 is 0 Å². The number of carbonyl (C=O) groups is 1. The number of rotatable bonds is 4. The van der Waals surface area contributed by atoms with E-state index in [0.29, 0.717) is 12.6 Å². The van der Waals surface area contributed by atoms with Crippen LogP contribution in [0, 0.1) is 6.92 Å². The number of hydrogen-bond donors (Lipinski definition) is 2. The molecule has 1 aliphatic rings. The largest absolute Gasteiger partial charge is 0.347 e. The first-order valence-corrected chi connectivity index (χ1v) is 8.21. The predicted octanol–water partition coefficient (Wildman–Crippen LogP) is 3.41. The number of aryl methyl sites for hydroxylation is 1. The number of hydrogen-bond acceptors (Lipinski definition) is 3. The van der Waals surface area contributed by atoms with E-state index >= 15 is 0 Å². The van der Waals surface area contributed by atoms with Crippen molar-refractivity contribution in [2.45, 2.75) is 32.4 Å². The van der Waals surface area contributed by atoms with E-state index in [0.717, 1.165) is 17.0 Å². The van der Waals surface area contributed by atoms with Crippen LogP contribution in [0.25, 0.3) is 0 Å². The van der Waals surface area contributed by atoms with E-state index < -0.39 is 0 Å². The molecule has 1 atom stereocenters. The first kappa shape index (κ1) is 14.3. The molecule has 2 aromatic rings. The molecule has 3 nitrogen and oxygen atoms in total. The molecule has 1 saturated heterocycles. The molecule has 1 unspecified atom stereocenters. The quantitative estimate of drug-likeness (QED) is 0.908. The highest BCUT2D eigenvalue weighted by Gasteiger charge is 2.19. The highest BCUT2D eigenvalue weighted by molar-refractivity contribution is 7.14. The Hall–Kier alpha value is -1.65. The minimum Gasteiger partial charge on any atom is -0.347 e. The fourth-order valence-corrected chi connectivity index (χ4v) is 3.72. The van der Waals surface area contributed by atoms with Gasteiger partial charge in [0.15, 0.2) is 0 Å². The molecule has 1 aliphatic heterocycles. The van der Waals surface area contributed by atoms with Crippen LogP contribution in [0.2, 0.25) is 0 Å². The molecular weight excluding hydrogens is 280 g/mol. The van der Waals surface area contributed by atoms with Crippen molar-refractivity contribution in [1.29, 1.82) is 0 Å². The van der Waals surface area contributed by atoms with Gasteiger partial charge in [0.1, 0.15) is 0 Å². The molecule has 0 radical (unpaired) electrons. The minimum atomic E-state index is 0.0192. The highest BCUT2D eigenvalue weighted by Crippen LogP contribution is 2.29. The van der Waals surface area contributed by atoms with Gasteiger partial charge in [-0.3, -0.25) is 4.79 Å². The Bertz CT molecular complexity index is 629. The second-order valence-electron chi connectivity index (χ2n) is 5.52. The Morgan fingerprint density at radius 2 is 2.29 bits per heavy atom. The third-order valence-corrected chi connectivity index (χ3v) is 4.99. The summed E-state index contributed by atoms with van der Waals surface area (Å²) in [5.74, 6) is 0.0192. The van der Waals surface area contributed by atoms with Crippen LogP contribution in [0.15, 0.2) is 36.4 Å². The number of nitrogens with one attached hydrogen (secondary N) is 2. The first-order valence-electron chi connectivity index (χ1n) is 7.39. The van der Waals surface area contributed by atoms with E-state index in [2.05, 4.69) is 35.8 Å². The van der Waals surface area contributed by atoms with Gasteiger partial charge in [0, 0.05) is 17.5 Å². The summed E-state index contributed by atoms with van der Waals surface area (Å²) in [4.78, 5) is 14.3. The van der Waals surface area contributed by atoms with Gasteiger partial charge in [0.2, 0.25) is 0 Å². The van der Waals surface area contributed by atoms with Crippen LogP contribution in [-0.4, -0.2) is 12.5 Å². The second-order valence-corrected chi connectivity index (χ2v) is 6.64. The number of amides is 1. The van der Waals surface area contributed by atoms with Gasteiger partial charge in [0.05, 0.1) is 4.88 Å². The van der Waals surface area contributed by atoms with Crippen LogP contribution in [0.5, 0.6) is 0 Å². The summed E-state index contributed by atoms with van der Waals surface area (Å²) in [6, 6.07) is 12.7. The molecule has 0 bridgehead atoms. The fourth-order valence-electron chi connectivity index (χ4n) is 2.68. The third-order valence-electron chi connectivity index (χ3n) is 3.79. The fraction of sp³-hybridized carbons (Fsp3) is 0.353. The van der Waals surface area contributed by atoms with Gasteiger partial charge in [-0.1, -0.05) is 29.8 Å². The van der Waals surface area contributed by atoms with Crippen LogP contribution in [0.1, 0.15) is 44.6 Å². The molecule has 3 rings (SSSR count). The van der Waals surface area contributed by atoms with Crippen LogP contribution in [0.3, 0.4) is 0 Å². The lowest BCUT2D eigenvalue weighted by Gasteiger charge is -2.06. The molecule has 1 aromatic heterocycles. The summed E-state index contributed by atoms with van der Waals surface area (Å²) >= 11 is 1.60. The van der Waals surface area contributed by atoms with Gasteiger partial charge in [-0.2, -0.15) is 0 Å². The molecule has 2 heterocycles. The van der Waals surface area contributed by atoms with Crippen molar-refractivity contribution in [3.63, 3.8) is 0 Å². The van der Waals surface area contributed by atoms with Crippen LogP contribution in [-0.2, 0) is 6.54 Å². The Balaban J connectivity index is 1.60. The van der Waals surface area contributed by atoms with E-state index in [-0.39, 0.29) is 5.91 Å². The minimum absolute atomic E-state index is 0.0192. The molecule has 1 fully saturated rings. The van der Waals surface area contributed by atoms with Crippen molar-refractivity contribution in [2.75, 3.05) is 6.54 Å². The molecule has 110 valence electrons. The van der Waals surface area contributed by atoms with Gasteiger partial charge in [-0.05, 0) is 44.0 Å². The van der Waals surface area contributed by atoms with E-state index in [1.165, 1.54) is 23.3 Å².